The molecule has 0 aliphatic rings. The predicted octanol–water partition coefficient (Wildman–Crippen LogP) is -1.39. The Morgan fingerprint density at radius 2 is 0.976 bits per heavy atom. The maximum absolute atomic E-state index is 14.5. The number of rotatable bonds is 48. The van der Waals surface area contributed by atoms with Crippen LogP contribution in [0.15, 0.2) is 30.0 Å². The van der Waals surface area contributed by atoms with Gasteiger partial charge in [0.05, 0.1) is 49.3 Å². The van der Waals surface area contributed by atoms with Gasteiger partial charge in [0.2, 0.25) is 35.4 Å². The number of carbonyl (C=O) groups excluding carboxylic acids is 11. The fourth-order valence-electron chi connectivity index (χ4n) is 9.42. The second-order valence-corrected chi connectivity index (χ2v) is 21.5. The summed E-state index contributed by atoms with van der Waals surface area (Å²) in [5, 5.41) is 23.6. The highest BCUT2D eigenvalue weighted by molar-refractivity contribution is 5.98. The number of aliphatic hydroxyl groups excluding tert-OH is 1. The molecule has 0 radical (unpaired) electrons. The minimum Gasteiger partial charge on any atom is -0.396 e. The number of nitrogens with zero attached hydrogens (tertiary/aromatic N) is 3. The van der Waals surface area contributed by atoms with Crippen LogP contribution in [0.4, 0.5) is 0 Å². The standard InChI is InChI=1S/C56H94N16O12/c1-34(23-39-29-64-32-67-39)46(75)27-38(31-73)55(84)70-41(12-4-7-19-57)45(74)16-18-51(80)69-44(28-40-30-65-33-68-40)49(78)26-37(15-17-50(60)79)54(83)72-43(14-6-9-21-59)48(77)25-36(11-10-22-66-56(61)62)53(82)71-42(13-5-8-20-58)47(76)24-35(2)52(81)63-3/h29-30,32-38,41-44,73H,4-28,31,57-59H2,1-3H3,(H2,60,79)(H,63,81)(H,64,67)(H,65,68)(H,69,80)(H,70,84)(H,71,82)(H,72,83)(H4,61,62,66)/t34-,35+,36+,37+,38-,41-,42-,43-,44-/m0/s1. The number of H-pyrrole nitrogens is 2. The molecule has 28 heteroatoms. The van der Waals surface area contributed by atoms with Gasteiger partial charge < -0.3 is 76.1 Å². The Morgan fingerprint density at radius 1 is 0.512 bits per heavy atom. The highest BCUT2D eigenvalue weighted by Gasteiger charge is 2.35. The van der Waals surface area contributed by atoms with Crippen molar-refractivity contribution in [1.82, 2.24) is 46.5 Å². The number of guanidine groups is 1. The van der Waals surface area contributed by atoms with E-state index < -0.39 is 127 Å². The number of nitrogens with two attached hydrogens (primary N) is 6. The van der Waals surface area contributed by atoms with Crippen molar-refractivity contribution in [1.29, 1.82) is 0 Å². The molecule has 0 spiro atoms. The summed E-state index contributed by atoms with van der Waals surface area (Å²) in [5.41, 5.74) is 35.0. The minimum absolute atomic E-state index is 0.0707. The first-order chi connectivity index (χ1) is 40.1. The largest absolute Gasteiger partial charge is 0.396 e. The molecule has 0 fully saturated rings. The van der Waals surface area contributed by atoms with Gasteiger partial charge in [0.1, 0.15) is 5.78 Å². The molecule has 0 aliphatic heterocycles. The molecule has 28 nitrogen and oxygen atoms in total. The van der Waals surface area contributed by atoms with Crippen LogP contribution in [0, 0.1) is 29.6 Å². The third kappa shape index (κ3) is 28.8. The van der Waals surface area contributed by atoms with Crippen LogP contribution >= 0.6 is 0 Å². The van der Waals surface area contributed by atoms with Gasteiger partial charge >= 0.3 is 0 Å². The maximum atomic E-state index is 14.5. The molecule has 470 valence electrons. The smallest absolute Gasteiger partial charge is 0.226 e. The number of aromatic nitrogens is 4. The first kappa shape index (κ1) is 72.8. The molecule has 20 N–H and O–H groups in total. The number of Topliss-reactive ketones (excluding diaryl/α,β-unsaturated/α-hetero) is 5. The van der Waals surface area contributed by atoms with E-state index in [4.69, 9.17) is 34.4 Å². The van der Waals surface area contributed by atoms with Gasteiger partial charge in [-0.05, 0) is 103 Å². The molecule has 2 heterocycles. The minimum atomic E-state index is -1.31. The van der Waals surface area contributed by atoms with Crippen LogP contribution < -0.4 is 61.0 Å². The zero-order chi connectivity index (χ0) is 62.6. The fourth-order valence-corrected chi connectivity index (χ4v) is 9.42. The first-order valence-corrected chi connectivity index (χ1v) is 29.1. The van der Waals surface area contributed by atoms with E-state index in [1.54, 1.807) is 20.0 Å². The van der Waals surface area contributed by atoms with Gasteiger partial charge in [0.25, 0.3) is 0 Å². The summed E-state index contributed by atoms with van der Waals surface area (Å²) in [6.45, 7) is 3.62. The van der Waals surface area contributed by atoms with Gasteiger partial charge in [-0.1, -0.05) is 13.8 Å². The Morgan fingerprint density at radius 3 is 1.44 bits per heavy atom. The number of hydrogen-bond acceptors (Lipinski definition) is 18. The lowest BCUT2D eigenvalue weighted by atomic mass is 9.89. The summed E-state index contributed by atoms with van der Waals surface area (Å²) >= 11 is 0. The van der Waals surface area contributed by atoms with E-state index in [2.05, 4.69) is 51.5 Å². The average molecular weight is 1180 g/mol. The Balaban J connectivity index is 2.38. The second kappa shape index (κ2) is 40.8. The third-order valence-electron chi connectivity index (χ3n) is 14.5. The van der Waals surface area contributed by atoms with E-state index >= 15 is 0 Å². The highest BCUT2D eigenvalue weighted by atomic mass is 16.3. The Kier molecular flexibility index (Phi) is 35.4. The number of ketones is 5. The van der Waals surface area contributed by atoms with Gasteiger partial charge in [0, 0.05) is 112 Å². The van der Waals surface area contributed by atoms with Crippen molar-refractivity contribution in [3.63, 3.8) is 0 Å². The number of unbranched alkanes of at least 4 members (excludes halogenated alkanes) is 3. The van der Waals surface area contributed by atoms with Crippen molar-refractivity contribution in [3.05, 3.63) is 36.4 Å². The molecule has 0 unspecified atom stereocenters. The zero-order valence-electron chi connectivity index (χ0n) is 49.1. The zero-order valence-corrected chi connectivity index (χ0v) is 49.1. The van der Waals surface area contributed by atoms with Gasteiger partial charge in [-0.25, -0.2) is 9.97 Å². The van der Waals surface area contributed by atoms with Crippen LogP contribution in [0.5, 0.6) is 0 Å². The number of imidazole rings is 2. The SMILES string of the molecule is CNC(=O)[C@H](C)CC(=O)[C@H](CCCCN)NC(=O)[C@H](CCCN=C(N)N)CC(=O)[C@H](CCCCN)NC(=O)[C@H](CCC(N)=O)CC(=O)[C@H](Cc1cnc[nH]1)NC(=O)CCC(=O)[C@H](CCCCN)NC(=O)[C@H](CO)CC(=O)[C@@H](C)Cc1cnc[nH]1. The van der Waals surface area contributed by atoms with Crippen LogP contribution in [-0.4, -0.2) is 159 Å². The lowest BCUT2D eigenvalue weighted by Crippen LogP contribution is -2.48. The normalized spacial score (nSPS) is 14.4. The van der Waals surface area contributed by atoms with Crippen LogP contribution in [0.1, 0.15) is 147 Å². The van der Waals surface area contributed by atoms with Crippen molar-refractivity contribution >= 4 is 70.3 Å². The van der Waals surface area contributed by atoms with Crippen molar-refractivity contribution < 1.29 is 57.8 Å². The van der Waals surface area contributed by atoms with Crippen molar-refractivity contribution in [2.75, 3.05) is 39.8 Å². The Bertz CT molecular complexity index is 2420. The Hall–Kier alpha value is -7.30. The summed E-state index contributed by atoms with van der Waals surface area (Å²) in [6.07, 6.45) is 6.79. The molecule has 2 aromatic rings. The molecule has 0 saturated heterocycles. The first-order valence-electron chi connectivity index (χ1n) is 29.1. The van der Waals surface area contributed by atoms with Crippen molar-refractivity contribution in [3.8, 4) is 0 Å². The molecule has 6 amide bonds. The molecular weight excluding hydrogens is 1090 g/mol. The van der Waals surface area contributed by atoms with Crippen LogP contribution in [-0.2, 0) is 65.6 Å². The van der Waals surface area contributed by atoms with Crippen LogP contribution in [0.2, 0.25) is 0 Å². The summed E-state index contributed by atoms with van der Waals surface area (Å²) in [4.78, 5) is 167. The number of carbonyl (C=O) groups is 11. The molecule has 9 atom stereocenters. The number of aromatic amines is 2. The third-order valence-corrected chi connectivity index (χ3v) is 14.5. The lowest BCUT2D eigenvalue weighted by Gasteiger charge is -2.26. The number of aliphatic imine (C=N–C) groups is 1. The van der Waals surface area contributed by atoms with Crippen molar-refractivity contribution in [2.24, 2.45) is 69.0 Å². The summed E-state index contributed by atoms with van der Waals surface area (Å²) < 4.78 is 0. The number of hydrogen-bond donors (Lipinski definition) is 14. The van der Waals surface area contributed by atoms with Gasteiger partial charge in [-0.15, -0.1) is 0 Å². The molecule has 2 aromatic heterocycles. The molecular formula is C56H94N16O12. The van der Waals surface area contributed by atoms with Gasteiger partial charge in [0.15, 0.2) is 29.1 Å². The number of aliphatic hydroxyl groups is 1. The average Bonchev–Trinajstić information content (AvgIpc) is 4.31. The highest BCUT2D eigenvalue weighted by Crippen LogP contribution is 2.22. The van der Waals surface area contributed by atoms with E-state index in [0.29, 0.717) is 63.7 Å². The van der Waals surface area contributed by atoms with Gasteiger partial charge in [-0.3, -0.25) is 57.7 Å². The topological polar surface area (TPSA) is 494 Å². The number of primary amides is 1. The Labute approximate surface area is 491 Å². The van der Waals surface area contributed by atoms with E-state index in [9.17, 15) is 57.8 Å². The van der Waals surface area contributed by atoms with E-state index in [-0.39, 0.29) is 107 Å². The lowest BCUT2D eigenvalue weighted by molar-refractivity contribution is -0.136. The predicted molar refractivity (Wildman–Crippen MR) is 312 cm³/mol. The summed E-state index contributed by atoms with van der Waals surface area (Å²) in [6, 6.07) is -4.64. The fraction of sp³-hybridized carbons (Fsp3) is 0.679. The van der Waals surface area contributed by atoms with E-state index in [1.807, 2.05) is 0 Å². The summed E-state index contributed by atoms with van der Waals surface area (Å²) in [5.74, 6) is -11.3. The molecule has 0 aromatic carbocycles. The molecule has 0 aliphatic carbocycles. The monoisotopic (exact) mass is 1180 g/mol. The van der Waals surface area contributed by atoms with Crippen LogP contribution in [0.25, 0.3) is 0 Å². The molecule has 0 saturated carbocycles. The number of amides is 6. The van der Waals surface area contributed by atoms with Crippen LogP contribution in [0.3, 0.4) is 0 Å². The maximum Gasteiger partial charge on any atom is 0.226 e. The van der Waals surface area contributed by atoms with E-state index in [0.717, 1.165) is 5.69 Å². The number of nitrogens with one attached hydrogen (secondary N) is 7. The van der Waals surface area contributed by atoms with Crippen molar-refractivity contribution in [2.45, 2.75) is 173 Å². The molecule has 2 rings (SSSR count). The molecule has 84 heavy (non-hydrogen) atoms. The molecule has 0 bridgehead atoms. The van der Waals surface area contributed by atoms with Gasteiger partial charge in [-0.2, -0.15) is 0 Å². The second-order valence-electron chi connectivity index (χ2n) is 21.5. The quantitative estimate of drug-likeness (QED) is 0.0206. The summed E-state index contributed by atoms with van der Waals surface area (Å²) in [7, 11) is 1.45. The van der Waals surface area contributed by atoms with E-state index in [1.165, 1.54) is 25.9 Å².